The highest BCUT2D eigenvalue weighted by Gasteiger charge is 2.36. The van der Waals surface area contributed by atoms with E-state index in [1.54, 1.807) is 42.5 Å². The number of anilines is 1. The lowest BCUT2D eigenvalue weighted by atomic mass is 10.1. The van der Waals surface area contributed by atoms with Gasteiger partial charge in [0.25, 0.3) is 11.1 Å². The molecule has 184 valence electrons. The molecule has 0 spiro atoms. The summed E-state index contributed by atoms with van der Waals surface area (Å²) < 4.78 is 6.57. The first-order valence-electron chi connectivity index (χ1n) is 11.0. The van der Waals surface area contributed by atoms with Crippen LogP contribution in [0.25, 0.3) is 6.08 Å². The quantitative estimate of drug-likeness (QED) is 0.303. The van der Waals surface area contributed by atoms with Gasteiger partial charge in [-0.05, 0) is 106 Å². The molecule has 3 amide bonds. The zero-order chi connectivity index (χ0) is 25.8. The third-order valence-electron chi connectivity index (χ3n) is 5.53. The fourth-order valence-corrected chi connectivity index (χ4v) is 4.89. The van der Waals surface area contributed by atoms with Crippen LogP contribution in [0.3, 0.4) is 0 Å². The first-order chi connectivity index (χ1) is 17.2. The van der Waals surface area contributed by atoms with E-state index in [4.69, 9.17) is 16.3 Å². The van der Waals surface area contributed by atoms with Crippen molar-refractivity contribution in [2.45, 2.75) is 20.5 Å². The van der Waals surface area contributed by atoms with Crippen molar-refractivity contribution in [2.24, 2.45) is 0 Å². The number of amides is 3. The van der Waals surface area contributed by atoms with Crippen LogP contribution in [0.5, 0.6) is 5.75 Å². The van der Waals surface area contributed by atoms with Crippen molar-refractivity contribution in [2.75, 3.05) is 11.9 Å². The lowest BCUT2D eigenvalue weighted by molar-refractivity contribution is -0.127. The molecule has 1 saturated heterocycles. The van der Waals surface area contributed by atoms with Gasteiger partial charge in [-0.2, -0.15) is 0 Å². The number of ether oxygens (including phenoxy) is 1. The van der Waals surface area contributed by atoms with Gasteiger partial charge >= 0.3 is 0 Å². The summed E-state index contributed by atoms with van der Waals surface area (Å²) in [6, 6.07) is 18.3. The Hall–Kier alpha value is -3.07. The topological polar surface area (TPSA) is 75.7 Å². The first-order valence-corrected chi connectivity index (χ1v) is 13.0. The maximum Gasteiger partial charge on any atom is 0.294 e. The summed E-state index contributed by atoms with van der Waals surface area (Å²) in [5, 5.41) is 2.92. The van der Waals surface area contributed by atoms with E-state index in [1.165, 1.54) is 0 Å². The molecule has 1 aliphatic heterocycles. The molecule has 0 aliphatic carbocycles. The van der Waals surface area contributed by atoms with Crippen LogP contribution in [-0.4, -0.2) is 28.5 Å². The number of nitrogens with zero attached hydrogens (tertiary/aromatic N) is 1. The minimum absolute atomic E-state index is 0.251. The highest BCUT2D eigenvalue weighted by molar-refractivity contribution is 9.10. The second-order valence-electron chi connectivity index (χ2n) is 8.22. The number of carbonyl (C=O) groups is 3. The summed E-state index contributed by atoms with van der Waals surface area (Å²) in [6.07, 6.45) is 1.62. The molecule has 3 aromatic rings. The second-order valence-corrected chi connectivity index (χ2v) is 10.5. The lowest BCUT2D eigenvalue weighted by Gasteiger charge is -2.13. The molecule has 1 fully saturated rings. The van der Waals surface area contributed by atoms with E-state index in [9.17, 15) is 14.4 Å². The Bertz CT molecular complexity index is 1370. The standard InChI is InChI=1S/C27H22BrClN2O4S/c1-16-3-9-21(11-17(16)2)30-25(32)14-31-26(33)24(36-27(31)34)13-19-6-10-23(22(28)12-19)35-15-18-4-7-20(29)8-5-18/h3-13H,14-15H2,1-2H3,(H,30,32)/b24-13+. The van der Waals surface area contributed by atoms with Crippen molar-refractivity contribution in [1.29, 1.82) is 0 Å². The van der Waals surface area contributed by atoms with E-state index < -0.39 is 17.1 Å². The number of nitrogens with one attached hydrogen (secondary N) is 1. The lowest BCUT2D eigenvalue weighted by Crippen LogP contribution is -2.36. The van der Waals surface area contributed by atoms with Crippen molar-refractivity contribution in [3.63, 3.8) is 0 Å². The third kappa shape index (κ3) is 6.37. The Morgan fingerprint density at radius 3 is 2.50 bits per heavy atom. The number of benzene rings is 3. The molecule has 9 heteroatoms. The van der Waals surface area contributed by atoms with Crippen molar-refractivity contribution >= 4 is 68.1 Å². The molecule has 0 radical (unpaired) electrons. The normalized spacial score (nSPS) is 14.4. The summed E-state index contributed by atoms with van der Waals surface area (Å²) in [5.74, 6) is -0.302. The predicted octanol–water partition coefficient (Wildman–Crippen LogP) is 6.97. The zero-order valence-electron chi connectivity index (χ0n) is 19.5. The highest BCUT2D eigenvalue weighted by Crippen LogP contribution is 2.34. The molecule has 1 heterocycles. The number of imide groups is 1. The van der Waals surface area contributed by atoms with Crippen LogP contribution in [0.4, 0.5) is 10.5 Å². The van der Waals surface area contributed by atoms with E-state index in [2.05, 4.69) is 21.2 Å². The summed E-state index contributed by atoms with van der Waals surface area (Å²) in [6.45, 7) is 3.95. The van der Waals surface area contributed by atoms with Gasteiger partial charge in [-0.25, -0.2) is 0 Å². The van der Waals surface area contributed by atoms with Gasteiger partial charge in [0, 0.05) is 10.7 Å². The largest absolute Gasteiger partial charge is 0.488 e. The third-order valence-corrected chi connectivity index (χ3v) is 7.31. The molecule has 0 atom stereocenters. The molecule has 36 heavy (non-hydrogen) atoms. The van der Waals surface area contributed by atoms with Gasteiger partial charge in [0.05, 0.1) is 9.38 Å². The monoisotopic (exact) mass is 584 g/mol. The Labute approximate surface area is 226 Å². The van der Waals surface area contributed by atoms with Gasteiger partial charge < -0.3 is 10.1 Å². The Balaban J connectivity index is 1.39. The summed E-state index contributed by atoms with van der Waals surface area (Å²) in [7, 11) is 0. The average molecular weight is 586 g/mol. The molecular formula is C27H22BrClN2O4S. The summed E-state index contributed by atoms with van der Waals surface area (Å²) in [4.78, 5) is 38.9. The van der Waals surface area contributed by atoms with Crippen LogP contribution in [0, 0.1) is 13.8 Å². The van der Waals surface area contributed by atoms with E-state index >= 15 is 0 Å². The molecule has 4 rings (SSSR count). The van der Waals surface area contributed by atoms with Crippen LogP contribution >= 0.6 is 39.3 Å². The van der Waals surface area contributed by atoms with Crippen LogP contribution in [0.2, 0.25) is 5.02 Å². The van der Waals surface area contributed by atoms with Crippen molar-refractivity contribution in [3.8, 4) is 5.75 Å². The Morgan fingerprint density at radius 1 is 1.06 bits per heavy atom. The number of carbonyl (C=O) groups excluding carboxylic acids is 3. The van der Waals surface area contributed by atoms with E-state index in [0.29, 0.717) is 33.1 Å². The Kier molecular flexibility index (Phi) is 8.18. The van der Waals surface area contributed by atoms with Crippen LogP contribution in [0.15, 0.2) is 70.0 Å². The Morgan fingerprint density at radius 2 is 1.81 bits per heavy atom. The highest BCUT2D eigenvalue weighted by atomic mass is 79.9. The van der Waals surface area contributed by atoms with Crippen LogP contribution in [0.1, 0.15) is 22.3 Å². The molecule has 1 N–H and O–H groups in total. The molecular weight excluding hydrogens is 564 g/mol. The van der Waals surface area contributed by atoms with Gasteiger partial charge in [0.15, 0.2) is 0 Å². The molecule has 3 aromatic carbocycles. The molecule has 0 aromatic heterocycles. The SMILES string of the molecule is Cc1ccc(NC(=O)CN2C(=O)S/C(=C/c3ccc(OCc4ccc(Cl)cc4)c(Br)c3)C2=O)cc1C. The summed E-state index contributed by atoms with van der Waals surface area (Å²) >= 11 is 10.2. The van der Waals surface area contributed by atoms with Crippen LogP contribution in [-0.2, 0) is 16.2 Å². The fraction of sp³-hybridized carbons (Fsp3) is 0.148. The maximum atomic E-state index is 12.8. The molecule has 0 bridgehead atoms. The molecule has 6 nitrogen and oxygen atoms in total. The van der Waals surface area contributed by atoms with E-state index in [-0.39, 0.29) is 11.4 Å². The van der Waals surface area contributed by atoms with Crippen LogP contribution < -0.4 is 10.1 Å². The zero-order valence-corrected chi connectivity index (χ0v) is 22.7. The van der Waals surface area contributed by atoms with Crippen molar-refractivity contribution in [3.05, 3.63) is 97.3 Å². The number of aryl methyl sites for hydroxylation is 2. The second kappa shape index (κ2) is 11.3. The molecule has 1 aliphatic rings. The minimum Gasteiger partial charge on any atom is -0.488 e. The number of thioether (sulfide) groups is 1. The number of halogens is 2. The van der Waals surface area contributed by atoms with Crippen molar-refractivity contribution < 1.29 is 19.1 Å². The number of rotatable bonds is 7. The van der Waals surface area contributed by atoms with Crippen molar-refractivity contribution in [1.82, 2.24) is 4.90 Å². The van der Waals surface area contributed by atoms with Gasteiger partial charge in [0.1, 0.15) is 18.9 Å². The maximum absolute atomic E-state index is 12.8. The minimum atomic E-state index is -0.501. The predicted molar refractivity (Wildman–Crippen MR) is 147 cm³/mol. The van der Waals surface area contributed by atoms with Gasteiger partial charge in [-0.1, -0.05) is 35.9 Å². The number of hydrogen-bond donors (Lipinski definition) is 1. The van der Waals surface area contributed by atoms with Gasteiger partial charge in [0.2, 0.25) is 5.91 Å². The fourth-order valence-electron chi connectivity index (χ4n) is 3.42. The summed E-state index contributed by atoms with van der Waals surface area (Å²) in [5.41, 5.74) is 4.46. The van der Waals surface area contributed by atoms with Gasteiger partial charge in [-0.3, -0.25) is 19.3 Å². The molecule has 0 unspecified atom stereocenters. The average Bonchev–Trinajstić information content (AvgIpc) is 3.09. The molecule has 0 saturated carbocycles. The van der Waals surface area contributed by atoms with E-state index in [0.717, 1.165) is 33.4 Å². The smallest absolute Gasteiger partial charge is 0.294 e. The first kappa shape index (κ1) is 26.0. The van der Waals surface area contributed by atoms with E-state index in [1.807, 2.05) is 38.1 Å². The van der Waals surface area contributed by atoms with Gasteiger partial charge in [-0.15, -0.1) is 0 Å². The number of hydrogen-bond acceptors (Lipinski definition) is 5.